The summed E-state index contributed by atoms with van der Waals surface area (Å²) >= 11 is 0. The van der Waals surface area contributed by atoms with Crippen LogP contribution >= 0.6 is 0 Å². The highest BCUT2D eigenvalue weighted by molar-refractivity contribution is 5.67. The minimum atomic E-state index is -0.666. The maximum atomic E-state index is 12.7. The Kier molecular flexibility index (Phi) is 5.09. The smallest absolute Gasteiger partial charge is 0.142 e. The summed E-state index contributed by atoms with van der Waals surface area (Å²) in [7, 11) is 1.52. The van der Waals surface area contributed by atoms with Crippen LogP contribution < -0.4 is 10.6 Å². The Morgan fingerprint density at radius 1 is 1.50 bits per heavy atom. The second-order valence-electron chi connectivity index (χ2n) is 5.11. The van der Waals surface area contributed by atoms with Crippen LogP contribution in [0.1, 0.15) is 24.5 Å². The van der Waals surface area contributed by atoms with Crippen molar-refractivity contribution in [1.29, 1.82) is 0 Å². The quantitative estimate of drug-likeness (QED) is 0.808. The van der Waals surface area contributed by atoms with Gasteiger partial charge in [0.2, 0.25) is 0 Å². The van der Waals surface area contributed by atoms with Crippen LogP contribution in [0.4, 0.5) is 10.1 Å². The Hall–Kier alpha value is -1.46. The standard InChI is InChI=1S/C15H21FN2O2/c1-20-15(14(17)9-16)11-4-6-12(7-5-11)18-8-2-3-13(18)10-19/h4-7,10,13-15H,2-3,8-9,17H2,1H3. The van der Waals surface area contributed by atoms with Gasteiger partial charge in [0, 0.05) is 19.3 Å². The van der Waals surface area contributed by atoms with Crippen LogP contribution in [0.5, 0.6) is 0 Å². The number of aldehydes is 1. The number of hydrogen-bond acceptors (Lipinski definition) is 4. The van der Waals surface area contributed by atoms with Gasteiger partial charge >= 0.3 is 0 Å². The van der Waals surface area contributed by atoms with E-state index in [-0.39, 0.29) is 6.04 Å². The van der Waals surface area contributed by atoms with Gasteiger partial charge in [-0.2, -0.15) is 0 Å². The van der Waals surface area contributed by atoms with Crippen LogP contribution in [0.3, 0.4) is 0 Å². The molecule has 1 aliphatic heterocycles. The molecular weight excluding hydrogens is 259 g/mol. The Morgan fingerprint density at radius 2 is 2.20 bits per heavy atom. The number of anilines is 1. The largest absolute Gasteiger partial charge is 0.375 e. The molecule has 2 N–H and O–H groups in total. The lowest BCUT2D eigenvalue weighted by atomic mass is 10.0. The van der Waals surface area contributed by atoms with Crippen LogP contribution in [-0.4, -0.2) is 38.7 Å². The Labute approximate surface area is 118 Å². The molecule has 0 aliphatic carbocycles. The summed E-state index contributed by atoms with van der Waals surface area (Å²) in [6, 6.07) is 6.95. The maximum absolute atomic E-state index is 12.7. The number of carbonyl (C=O) groups excluding carboxylic acids is 1. The van der Waals surface area contributed by atoms with Crippen molar-refractivity contribution in [2.75, 3.05) is 25.2 Å². The van der Waals surface area contributed by atoms with Crippen molar-refractivity contribution in [3.63, 3.8) is 0 Å². The summed E-state index contributed by atoms with van der Waals surface area (Å²) in [5.41, 5.74) is 7.56. The van der Waals surface area contributed by atoms with Crippen molar-refractivity contribution in [1.82, 2.24) is 0 Å². The van der Waals surface area contributed by atoms with Crippen LogP contribution in [0.2, 0.25) is 0 Å². The highest BCUT2D eigenvalue weighted by Crippen LogP contribution is 2.27. The molecule has 3 atom stereocenters. The normalized spacial score (nSPS) is 21.8. The van der Waals surface area contributed by atoms with Crippen LogP contribution in [-0.2, 0) is 9.53 Å². The third kappa shape index (κ3) is 2.99. The molecule has 0 aromatic heterocycles. The number of carbonyl (C=O) groups is 1. The fourth-order valence-corrected chi connectivity index (χ4v) is 2.75. The first-order valence-corrected chi connectivity index (χ1v) is 6.87. The zero-order chi connectivity index (χ0) is 14.5. The number of hydrogen-bond donors (Lipinski definition) is 1. The molecule has 2 rings (SSSR count). The predicted molar refractivity (Wildman–Crippen MR) is 76.6 cm³/mol. The van der Waals surface area contributed by atoms with E-state index >= 15 is 0 Å². The molecule has 0 spiro atoms. The molecule has 0 bridgehead atoms. The molecule has 1 heterocycles. The van der Waals surface area contributed by atoms with E-state index in [1.165, 1.54) is 7.11 Å². The molecule has 1 fully saturated rings. The highest BCUT2D eigenvalue weighted by atomic mass is 19.1. The van der Waals surface area contributed by atoms with Gasteiger partial charge in [0.05, 0.1) is 18.2 Å². The van der Waals surface area contributed by atoms with E-state index in [0.717, 1.165) is 36.9 Å². The lowest BCUT2D eigenvalue weighted by molar-refractivity contribution is -0.108. The van der Waals surface area contributed by atoms with Crippen LogP contribution in [0.25, 0.3) is 0 Å². The number of nitrogens with two attached hydrogens (primary N) is 1. The molecule has 1 aromatic rings. The second kappa shape index (κ2) is 6.81. The van der Waals surface area contributed by atoms with Gasteiger partial charge in [0.15, 0.2) is 0 Å². The lowest BCUT2D eigenvalue weighted by Crippen LogP contribution is -2.32. The molecule has 1 saturated heterocycles. The molecule has 0 radical (unpaired) electrons. The highest BCUT2D eigenvalue weighted by Gasteiger charge is 2.25. The van der Waals surface area contributed by atoms with E-state index < -0.39 is 18.8 Å². The zero-order valence-corrected chi connectivity index (χ0v) is 11.7. The maximum Gasteiger partial charge on any atom is 0.142 e. The van der Waals surface area contributed by atoms with Crippen LogP contribution in [0.15, 0.2) is 24.3 Å². The molecule has 0 saturated carbocycles. The number of ether oxygens (including phenoxy) is 1. The van der Waals surface area contributed by atoms with E-state index in [1.807, 2.05) is 24.3 Å². The van der Waals surface area contributed by atoms with E-state index in [9.17, 15) is 9.18 Å². The van der Waals surface area contributed by atoms with Crippen molar-refractivity contribution < 1.29 is 13.9 Å². The molecule has 20 heavy (non-hydrogen) atoms. The lowest BCUT2D eigenvalue weighted by Gasteiger charge is -2.24. The molecule has 1 aliphatic rings. The van der Waals surface area contributed by atoms with Crippen molar-refractivity contribution in [3.8, 4) is 0 Å². The van der Waals surface area contributed by atoms with Gasteiger partial charge in [0.1, 0.15) is 13.0 Å². The van der Waals surface area contributed by atoms with Crippen molar-refractivity contribution in [3.05, 3.63) is 29.8 Å². The molecule has 110 valence electrons. The number of nitrogens with zero attached hydrogens (tertiary/aromatic N) is 1. The predicted octanol–water partition coefficient (Wildman–Crippen LogP) is 1.84. The van der Waals surface area contributed by atoms with Crippen molar-refractivity contribution in [2.24, 2.45) is 5.73 Å². The van der Waals surface area contributed by atoms with E-state index in [2.05, 4.69) is 4.90 Å². The molecule has 4 nitrogen and oxygen atoms in total. The summed E-state index contributed by atoms with van der Waals surface area (Å²) in [6.07, 6.45) is 2.48. The fraction of sp³-hybridized carbons (Fsp3) is 0.533. The fourth-order valence-electron chi connectivity index (χ4n) is 2.75. The van der Waals surface area contributed by atoms with E-state index in [1.54, 1.807) is 0 Å². The zero-order valence-electron chi connectivity index (χ0n) is 11.7. The van der Waals surface area contributed by atoms with Gasteiger partial charge in [0.25, 0.3) is 0 Å². The number of alkyl halides is 1. The van der Waals surface area contributed by atoms with Crippen LogP contribution in [0, 0.1) is 0 Å². The summed E-state index contributed by atoms with van der Waals surface area (Å²) in [5.74, 6) is 0. The average molecular weight is 280 g/mol. The summed E-state index contributed by atoms with van der Waals surface area (Å²) in [6.45, 7) is 0.264. The van der Waals surface area contributed by atoms with E-state index in [4.69, 9.17) is 10.5 Å². The number of methoxy groups -OCH3 is 1. The van der Waals surface area contributed by atoms with Gasteiger partial charge in [-0.1, -0.05) is 12.1 Å². The third-order valence-corrected chi connectivity index (χ3v) is 3.83. The summed E-state index contributed by atoms with van der Waals surface area (Å²) in [4.78, 5) is 13.1. The van der Waals surface area contributed by atoms with E-state index in [0.29, 0.717) is 0 Å². The first-order valence-electron chi connectivity index (χ1n) is 6.87. The monoisotopic (exact) mass is 280 g/mol. The molecular formula is C15H21FN2O2. The van der Waals surface area contributed by atoms with Gasteiger partial charge in [-0.05, 0) is 30.5 Å². The van der Waals surface area contributed by atoms with Gasteiger partial charge in [-0.15, -0.1) is 0 Å². The molecule has 0 amide bonds. The molecule has 5 heteroatoms. The van der Waals surface area contributed by atoms with Crippen molar-refractivity contribution >= 4 is 12.0 Å². The Balaban J connectivity index is 2.15. The average Bonchev–Trinajstić information content (AvgIpc) is 2.97. The molecule has 3 unspecified atom stereocenters. The number of rotatable bonds is 6. The number of halogens is 1. The first-order chi connectivity index (χ1) is 9.71. The molecule has 1 aromatic carbocycles. The topological polar surface area (TPSA) is 55.6 Å². The van der Waals surface area contributed by atoms with Crippen molar-refractivity contribution in [2.45, 2.75) is 31.0 Å². The van der Waals surface area contributed by atoms with Gasteiger partial charge in [-0.3, -0.25) is 0 Å². The Morgan fingerprint density at radius 3 is 2.75 bits per heavy atom. The second-order valence-corrected chi connectivity index (χ2v) is 5.11. The third-order valence-electron chi connectivity index (χ3n) is 3.83. The van der Waals surface area contributed by atoms with Gasteiger partial charge < -0.3 is 20.2 Å². The Bertz CT molecular complexity index is 438. The first kappa shape index (κ1) is 14.9. The summed E-state index contributed by atoms with van der Waals surface area (Å²) in [5, 5.41) is 0. The minimum Gasteiger partial charge on any atom is -0.375 e. The minimum absolute atomic E-state index is 0.0350. The number of benzene rings is 1. The summed E-state index contributed by atoms with van der Waals surface area (Å²) < 4.78 is 17.9. The SMILES string of the molecule is COC(c1ccc(N2CCCC2C=O)cc1)C(N)CF. The van der Waals surface area contributed by atoms with Gasteiger partial charge in [-0.25, -0.2) is 4.39 Å².